The Morgan fingerprint density at radius 2 is 2.08 bits per heavy atom. The molecule has 0 aromatic heterocycles. The van der Waals surface area contributed by atoms with Gasteiger partial charge in [0, 0.05) is 5.69 Å². The average molecular weight is 161 g/mol. The topological polar surface area (TPSA) is 43.1 Å². The van der Waals surface area contributed by atoms with E-state index in [1.165, 1.54) is 0 Å². The number of nitrogens with two attached hydrogens (primary N) is 1. The molecule has 0 amide bonds. The Morgan fingerprint density at radius 3 is 2.67 bits per heavy atom. The largest absolute Gasteiger partial charge is 0.398 e. The molecule has 0 bridgehead atoms. The quantitative estimate of drug-likeness (QED) is 0.409. The van der Waals surface area contributed by atoms with Gasteiger partial charge in [-0.25, -0.2) is 0 Å². The number of carbonyl (C=O) groups excluding carboxylic acids is 1. The SMILES string of the molecule is C/C(C=O)=C\c1ccccc1N. The van der Waals surface area contributed by atoms with Crippen LogP contribution in [0.1, 0.15) is 12.5 Å². The molecule has 0 aliphatic carbocycles. The summed E-state index contributed by atoms with van der Waals surface area (Å²) < 4.78 is 0. The first-order valence-corrected chi connectivity index (χ1v) is 3.72. The van der Waals surface area contributed by atoms with Crippen LogP contribution in [0.3, 0.4) is 0 Å². The van der Waals surface area contributed by atoms with Crippen molar-refractivity contribution < 1.29 is 4.79 Å². The summed E-state index contributed by atoms with van der Waals surface area (Å²) in [5.41, 5.74) is 7.92. The first-order valence-electron chi connectivity index (χ1n) is 3.72. The number of para-hydroxylation sites is 1. The van der Waals surface area contributed by atoms with E-state index in [0.29, 0.717) is 11.3 Å². The zero-order valence-electron chi connectivity index (χ0n) is 6.95. The van der Waals surface area contributed by atoms with Gasteiger partial charge in [-0.2, -0.15) is 0 Å². The van der Waals surface area contributed by atoms with Crippen LogP contribution < -0.4 is 5.73 Å². The molecule has 1 aromatic rings. The van der Waals surface area contributed by atoms with Crippen LogP contribution >= 0.6 is 0 Å². The normalized spacial score (nSPS) is 11.2. The number of hydrogen-bond donors (Lipinski definition) is 1. The third kappa shape index (κ3) is 1.95. The predicted octanol–water partition coefficient (Wildman–Crippen LogP) is 1.87. The lowest BCUT2D eigenvalue weighted by molar-refractivity contribution is -0.104. The molecule has 1 rings (SSSR count). The Labute approximate surface area is 71.7 Å². The molecule has 0 aliphatic heterocycles. The summed E-state index contributed by atoms with van der Waals surface area (Å²) in [4.78, 5) is 10.3. The molecule has 0 atom stereocenters. The molecular weight excluding hydrogens is 150 g/mol. The van der Waals surface area contributed by atoms with E-state index in [1.807, 2.05) is 24.3 Å². The molecule has 0 heterocycles. The Morgan fingerprint density at radius 1 is 1.42 bits per heavy atom. The van der Waals surface area contributed by atoms with Gasteiger partial charge in [-0.1, -0.05) is 18.2 Å². The Kier molecular flexibility index (Phi) is 2.64. The van der Waals surface area contributed by atoms with Crippen molar-refractivity contribution in [3.8, 4) is 0 Å². The lowest BCUT2D eigenvalue weighted by atomic mass is 10.1. The highest BCUT2D eigenvalue weighted by Crippen LogP contribution is 2.13. The van der Waals surface area contributed by atoms with Gasteiger partial charge in [0.2, 0.25) is 0 Å². The monoisotopic (exact) mass is 161 g/mol. The number of rotatable bonds is 2. The molecular formula is C10H11NO. The fourth-order valence-electron chi connectivity index (χ4n) is 0.922. The third-order valence-corrected chi connectivity index (χ3v) is 1.57. The minimum atomic E-state index is 0.674. The molecule has 0 unspecified atom stereocenters. The van der Waals surface area contributed by atoms with Gasteiger partial charge < -0.3 is 5.73 Å². The van der Waals surface area contributed by atoms with Crippen molar-refractivity contribution >= 4 is 18.0 Å². The van der Waals surface area contributed by atoms with E-state index in [4.69, 9.17) is 5.73 Å². The number of aldehydes is 1. The van der Waals surface area contributed by atoms with Gasteiger partial charge >= 0.3 is 0 Å². The first-order chi connectivity index (χ1) is 5.74. The van der Waals surface area contributed by atoms with Crippen LogP contribution in [-0.2, 0) is 4.79 Å². The standard InChI is InChI=1S/C10H11NO/c1-8(7-12)6-9-4-2-3-5-10(9)11/h2-7H,11H2,1H3/b8-6+. The first kappa shape index (κ1) is 8.53. The summed E-state index contributed by atoms with van der Waals surface area (Å²) in [6.45, 7) is 1.75. The van der Waals surface area contributed by atoms with Gasteiger partial charge in [0.1, 0.15) is 6.29 Å². The summed E-state index contributed by atoms with van der Waals surface area (Å²) in [7, 11) is 0. The fourth-order valence-corrected chi connectivity index (χ4v) is 0.922. The second-order valence-corrected chi connectivity index (χ2v) is 2.64. The van der Waals surface area contributed by atoms with Crippen LogP contribution in [0.2, 0.25) is 0 Å². The molecule has 0 saturated heterocycles. The predicted molar refractivity (Wildman–Crippen MR) is 50.6 cm³/mol. The van der Waals surface area contributed by atoms with E-state index in [2.05, 4.69) is 0 Å². The van der Waals surface area contributed by atoms with E-state index in [-0.39, 0.29) is 0 Å². The van der Waals surface area contributed by atoms with Crippen LogP contribution in [0.5, 0.6) is 0 Å². The van der Waals surface area contributed by atoms with E-state index < -0.39 is 0 Å². The lowest BCUT2D eigenvalue weighted by Gasteiger charge is -1.98. The van der Waals surface area contributed by atoms with Crippen LogP contribution in [0.4, 0.5) is 5.69 Å². The summed E-state index contributed by atoms with van der Waals surface area (Å²) in [6, 6.07) is 7.44. The molecule has 2 N–H and O–H groups in total. The molecule has 0 spiro atoms. The Balaban J connectivity index is 3.04. The van der Waals surface area contributed by atoms with Crippen LogP contribution in [-0.4, -0.2) is 6.29 Å². The van der Waals surface area contributed by atoms with Crippen LogP contribution in [0.25, 0.3) is 6.08 Å². The van der Waals surface area contributed by atoms with Crippen molar-refractivity contribution in [2.45, 2.75) is 6.92 Å². The molecule has 2 heteroatoms. The molecule has 62 valence electrons. The number of hydrogen-bond acceptors (Lipinski definition) is 2. The van der Waals surface area contributed by atoms with E-state index in [0.717, 1.165) is 11.8 Å². The summed E-state index contributed by atoms with van der Waals surface area (Å²) in [5, 5.41) is 0. The van der Waals surface area contributed by atoms with Crippen molar-refractivity contribution in [3.63, 3.8) is 0 Å². The minimum absolute atomic E-state index is 0.674. The second kappa shape index (κ2) is 3.72. The van der Waals surface area contributed by atoms with Crippen molar-refractivity contribution in [1.29, 1.82) is 0 Å². The second-order valence-electron chi connectivity index (χ2n) is 2.64. The van der Waals surface area contributed by atoms with Crippen LogP contribution in [0, 0.1) is 0 Å². The van der Waals surface area contributed by atoms with E-state index >= 15 is 0 Å². The highest BCUT2D eigenvalue weighted by atomic mass is 16.1. The molecule has 2 nitrogen and oxygen atoms in total. The number of benzene rings is 1. The average Bonchev–Trinajstić information content (AvgIpc) is 2.09. The lowest BCUT2D eigenvalue weighted by Crippen LogP contribution is -1.88. The van der Waals surface area contributed by atoms with Gasteiger partial charge in [-0.05, 0) is 30.2 Å². The number of anilines is 1. The van der Waals surface area contributed by atoms with Crippen molar-refractivity contribution in [2.24, 2.45) is 0 Å². The molecule has 0 radical (unpaired) electrons. The summed E-state index contributed by atoms with van der Waals surface area (Å²) in [6.07, 6.45) is 2.58. The van der Waals surface area contributed by atoms with Gasteiger partial charge in [0.15, 0.2) is 0 Å². The molecule has 12 heavy (non-hydrogen) atoms. The van der Waals surface area contributed by atoms with Gasteiger partial charge in [0.05, 0.1) is 0 Å². The van der Waals surface area contributed by atoms with Crippen LogP contribution in [0.15, 0.2) is 29.8 Å². The number of allylic oxidation sites excluding steroid dienone is 1. The number of carbonyl (C=O) groups is 1. The Bertz CT molecular complexity index is 315. The molecule has 1 aromatic carbocycles. The van der Waals surface area contributed by atoms with Gasteiger partial charge in [-0.15, -0.1) is 0 Å². The maximum atomic E-state index is 10.3. The number of nitrogen functional groups attached to an aromatic ring is 1. The highest BCUT2D eigenvalue weighted by molar-refractivity contribution is 5.82. The van der Waals surface area contributed by atoms with E-state index in [9.17, 15) is 4.79 Å². The summed E-state index contributed by atoms with van der Waals surface area (Å²) >= 11 is 0. The van der Waals surface area contributed by atoms with Gasteiger partial charge in [0.25, 0.3) is 0 Å². The maximum absolute atomic E-state index is 10.3. The smallest absolute Gasteiger partial charge is 0.145 e. The Hall–Kier alpha value is -1.57. The highest BCUT2D eigenvalue weighted by Gasteiger charge is 1.93. The summed E-state index contributed by atoms with van der Waals surface area (Å²) in [5.74, 6) is 0. The van der Waals surface area contributed by atoms with Crippen molar-refractivity contribution in [2.75, 3.05) is 5.73 Å². The van der Waals surface area contributed by atoms with E-state index in [1.54, 1.807) is 13.0 Å². The molecule has 0 fully saturated rings. The minimum Gasteiger partial charge on any atom is -0.398 e. The zero-order chi connectivity index (χ0) is 8.97. The van der Waals surface area contributed by atoms with Crippen molar-refractivity contribution in [1.82, 2.24) is 0 Å². The maximum Gasteiger partial charge on any atom is 0.145 e. The molecule has 0 saturated carbocycles. The fraction of sp³-hybridized carbons (Fsp3) is 0.100. The molecule has 0 aliphatic rings. The zero-order valence-corrected chi connectivity index (χ0v) is 6.95. The van der Waals surface area contributed by atoms with Gasteiger partial charge in [-0.3, -0.25) is 4.79 Å². The van der Waals surface area contributed by atoms with Crippen molar-refractivity contribution in [3.05, 3.63) is 35.4 Å². The third-order valence-electron chi connectivity index (χ3n) is 1.57.